The number of hydrogen-bond acceptors (Lipinski definition) is 4. The Kier molecular flexibility index (Phi) is 3.70. The molecule has 1 saturated heterocycles. The Morgan fingerprint density at radius 3 is 2.54 bits per heavy atom. The third-order valence-corrected chi connectivity index (χ3v) is 9.77. The van der Waals surface area contributed by atoms with E-state index < -0.39 is 5.60 Å². The van der Waals surface area contributed by atoms with Gasteiger partial charge in [-0.1, -0.05) is 25.5 Å². The SMILES string of the molecule is CC(=O)O[C@H]1CC[C@@]2(C)C(=CC[C@@H]3[C@@H]2CC[C@@]2(C)[C@H]3C[C@@]3(C)O[C@]32C(C)=O)C1. The van der Waals surface area contributed by atoms with E-state index in [0.29, 0.717) is 17.8 Å². The normalized spacial score (nSPS) is 53.8. The lowest BCUT2D eigenvalue weighted by atomic mass is 9.47. The van der Waals surface area contributed by atoms with E-state index in [-0.39, 0.29) is 34.3 Å². The molecule has 1 aliphatic heterocycles. The largest absolute Gasteiger partial charge is 0.462 e. The minimum atomic E-state index is -0.534. The van der Waals surface area contributed by atoms with E-state index in [2.05, 4.69) is 26.8 Å². The van der Waals surface area contributed by atoms with Crippen molar-refractivity contribution in [3.63, 3.8) is 0 Å². The molecule has 4 fully saturated rings. The third-order valence-electron chi connectivity index (χ3n) is 9.77. The summed E-state index contributed by atoms with van der Waals surface area (Å²) in [6.07, 6.45) is 9.89. The fourth-order valence-electron chi connectivity index (χ4n) is 8.58. The zero-order valence-corrected chi connectivity index (χ0v) is 18.0. The predicted octanol–water partition coefficient (Wildman–Crippen LogP) is 4.61. The fourth-order valence-corrected chi connectivity index (χ4v) is 8.58. The second kappa shape index (κ2) is 5.50. The number of ketones is 1. The fraction of sp³-hybridized carbons (Fsp3) is 0.833. The lowest BCUT2D eigenvalue weighted by molar-refractivity contribution is -0.149. The highest BCUT2D eigenvalue weighted by Gasteiger charge is 2.85. The summed E-state index contributed by atoms with van der Waals surface area (Å²) in [6.45, 7) is 10.2. The average Bonchev–Trinajstić information content (AvgIpc) is 3.19. The average molecular weight is 387 g/mol. The molecule has 28 heavy (non-hydrogen) atoms. The summed E-state index contributed by atoms with van der Waals surface area (Å²) in [5, 5.41) is 0. The van der Waals surface area contributed by atoms with E-state index in [1.54, 1.807) is 6.92 Å². The summed E-state index contributed by atoms with van der Waals surface area (Å²) in [7, 11) is 0. The number of esters is 1. The van der Waals surface area contributed by atoms with E-state index in [1.165, 1.54) is 18.9 Å². The quantitative estimate of drug-likeness (QED) is 0.395. The van der Waals surface area contributed by atoms with Crippen molar-refractivity contribution in [2.75, 3.05) is 0 Å². The van der Waals surface area contributed by atoms with Crippen LogP contribution in [0.15, 0.2) is 11.6 Å². The van der Waals surface area contributed by atoms with Gasteiger partial charge in [-0.25, -0.2) is 0 Å². The highest BCUT2D eigenvalue weighted by Crippen LogP contribution is 2.77. The number of allylic oxidation sites excluding steroid dienone is 1. The minimum Gasteiger partial charge on any atom is -0.462 e. The Balaban J connectivity index is 1.45. The molecule has 4 aliphatic carbocycles. The summed E-state index contributed by atoms with van der Waals surface area (Å²) in [5.41, 5.74) is 0.935. The number of epoxide rings is 1. The van der Waals surface area contributed by atoms with Gasteiger partial charge in [-0.2, -0.15) is 0 Å². The van der Waals surface area contributed by atoms with Crippen LogP contribution in [-0.4, -0.2) is 29.1 Å². The van der Waals surface area contributed by atoms with E-state index >= 15 is 0 Å². The number of ether oxygens (including phenoxy) is 2. The van der Waals surface area contributed by atoms with Crippen LogP contribution in [0.2, 0.25) is 0 Å². The van der Waals surface area contributed by atoms with Gasteiger partial charge in [-0.3, -0.25) is 9.59 Å². The van der Waals surface area contributed by atoms with E-state index in [4.69, 9.17) is 9.47 Å². The number of carbonyl (C=O) groups is 2. The molecule has 4 heteroatoms. The van der Waals surface area contributed by atoms with Crippen molar-refractivity contribution in [2.24, 2.45) is 28.6 Å². The maximum atomic E-state index is 12.7. The molecule has 0 aromatic rings. The summed E-state index contributed by atoms with van der Waals surface area (Å²) in [6, 6.07) is 0. The molecule has 0 spiro atoms. The molecule has 0 radical (unpaired) electrons. The first-order valence-corrected chi connectivity index (χ1v) is 11.2. The van der Waals surface area contributed by atoms with E-state index in [0.717, 1.165) is 38.5 Å². The van der Waals surface area contributed by atoms with Crippen LogP contribution in [0.25, 0.3) is 0 Å². The summed E-state index contributed by atoms with van der Waals surface area (Å²) in [5.74, 6) is 1.95. The number of carbonyl (C=O) groups excluding carboxylic acids is 2. The number of hydrogen-bond donors (Lipinski definition) is 0. The molecular weight excluding hydrogens is 352 g/mol. The van der Waals surface area contributed by atoms with Crippen LogP contribution >= 0.6 is 0 Å². The lowest BCUT2D eigenvalue weighted by Gasteiger charge is -2.58. The van der Waals surface area contributed by atoms with Crippen LogP contribution < -0.4 is 0 Å². The van der Waals surface area contributed by atoms with Gasteiger partial charge in [0.25, 0.3) is 0 Å². The van der Waals surface area contributed by atoms with Crippen molar-refractivity contribution in [3.05, 3.63) is 11.6 Å². The third kappa shape index (κ3) is 2.06. The van der Waals surface area contributed by atoms with Gasteiger partial charge in [0.15, 0.2) is 11.4 Å². The second-order valence-electron chi connectivity index (χ2n) is 11.0. The van der Waals surface area contributed by atoms with Crippen LogP contribution in [0, 0.1) is 28.6 Å². The molecule has 5 aliphatic rings. The number of Topliss-reactive ketones (excluding diaryl/α,β-unsaturated/α-hetero) is 1. The summed E-state index contributed by atoms with van der Waals surface area (Å²) >= 11 is 0. The van der Waals surface area contributed by atoms with Gasteiger partial charge in [0, 0.05) is 18.8 Å². The number of rotatable bonds is 2. The first-order valence-electron chi connectivity index (χ1n) is 11.2. The molecule has 0 N–H and O–H groups in total. The van der Waals surface area contributed by atoms with Crippen molar-refractivity contribution in [1.82, 2.24) is 0 Å². The monoisotopic (exact) mass is 386 g/mol. The Hall–Kier alpha value is -1.16. The first kappa shape index (κ1) is 18.8. The van der Waals surface area contributed by atoms with Crippen molar-refractivity contribution in [3.8, 4) is 0 Å². The topological polar surface area (TPSA) is 55.9 Å². The lowest BCUT2D eigenvalue weighted by Crippen LogP contribution is -2.54. The molecule has 0 aromatic carbocycles. The molecule has 154 valence electrons. The minimum absolute atomic E-state index is 0.0224. The van der Waals surface area contributed by atoms with Crippen LogP contribution in [0.4, 0.5) is 0 Å². The van der Waals surface area contributed by atoms with Gasteiger partial charge in [-0.05, 0) is 75.5 Å². The zero-order valence-electron chi connectivity index (χ0n) is 18.0. The smallest absolute Gasteiger partial charge is 0.302 e. The van der Waals surface area contributed by atoms with Gasteiger partial charge >= 0.3 is 5.97 Å². The Morgan fingerprint density at radius 1 is 1.11 bits per heavy atom. The molecule has 0 aromatic heterocycles. The van der Waals surface area contributed by atoms with Gasteiger partial charge in [0.2, 0.25) is 0 Å². The van der Waals surface area contributed by atoms with Gasteiger partial charge < -0.3 is 9.47 Å². The summed E-state index contributed by atoms with van der Waals surface area (Å²) < 4.78 is 11.8. The van der Waals surface area contributed by atoms with Gasteiger partial charge in [0.05, 0.1) is 0 Å². The maximum absolute atomic E-state index is 12.7. The van der Waals surface area contributed by atoms with Crippen LogP contribution in [0.1, 0.15) is 79.6 Å². The zero-order chi connectivity index (χ0) is 20.1. The van der Waals surface area contributed by atoms with Crippen LogP contribution in [0.5, 0.6) is 0 Å². The maximum Gasteiger partial charge on any atom is 0.302 e. The van der Waals surface area contributed by atoms with Crippen molar-refractivity contribution in [2.45, 2.75) is 96.9 Å². The highest BCUT2D eigenvalue weighted by atomic mass is 16.6. The molecule has 4 nitrogen and oxygen atoms in total. The number of fused-ring (bicyclic) bond motifs is 7. The highest BCUT2D eigenvalue weighted by molar-refractivity contribution is 5.91. The van der Waals surface area contributed by atoms with Gasteiger partial charge in [0.1, 0.15) is 11.7 Å². The van der Waals surface area contributed by atoms with Crippen LogP contribution in [0.3, 0.4) is 0 Å². The first-order chi connectivity index (χ1) is 13.1. The van der Waals surface area contributed by atoms with E-state index in [1.807, 2.05) is 0 Å². The molecule has 5 rings (SSSR count). The standard InChI is InChI=1S/C24H34O4/c1-14(25)24-22(4)11-9-19-18(20(22)13-23(24,5)28-24)7-6-16-12-17(27-15(2)26)8-10-21(16,19)3/h6,17-20H,7-13H2,1-5H3/t17-,18+,19-,20-,21-,22-,23+,24-/m0/s1. The molecule has 3 saturated carbocycles. The van der Waals surface area contributed by atoms with Gasteiger partial charge in [-0.15, -0.1) is 0 Å². The molecular formula is C24H34O4. The molecule has 0 unspecified atom stereocenters. The second-order valence-corrected chi connectivity index (χ2v) is 11.0. The Bertz CT molecular complexity index is 785. The molecule has 1 heterocycles. The molecule has 0 amide bonds. The predicted molar refractivity (Wildman–Crippen MR) is 106 cm³/mol. The Morgan fingerprint density at radius 2 is 1.86 bits per heavy atom. The van der Waals surface area contributed by atoms with E-state index in [9.17, 15) is 9.59 Å². The Labute approximate surface area is 168 Å². The van der Waals surface area contributed by atoms with Crippen LogP contribution in [-0.2, 0) is 19.1 Å². The van der Waals surface area contributed by atoms with Crippen molar-refractivity contribution in [1.29, 1.82) is 0 Å². The molecule has 8 atom stereocenters. The molecule has 0 bridgehead atoms. The van der Waals surface area contributed by atoms with Crippen molar-refractivity contribution >= 4 is 11.8 Å². The summed E-state index contributed by atoms with van der Waals surface area (Å²) in [4.78, 5) is 24.1. The van der Waals surface area contributed by atoms with Crippen molar-refractivity contribution < 1.29 is 19.1 Å².